The van der Waals surface area contributed by atoms with Gasteiger partial charge in [-0.15, -0.1) is 11.6 Å². The maximum Gasteiger partial charge on any atom is 0.154 e. The van der Waals surface area contributed by atoms with E-state index in [-0.39, 0.29) is 0 Å². The molecule has 19 heavy (non-hydrogen) atoms. The van der Waals surface area contributed by atoms with Gasteiger partial charge in [0.25, 0.3) is 0 Å². The maximum atomic E-state index is 5.79. The molecule has 0 aromatic carbocycles. The molecule has 0 spiro atoms. The molecule has 1 saturated heterocycles. The van der Waals surface area contributed by atoms with Crippen molar-refractivity contribution < 1.29 is 0 Å². The summed E-state index contributed by atoms with van der Waals surface area (Å²) in [6, 6.07) is 2.09. The lowest BCUT2D eigenvalue weighted by Crippen LogP contribution is -2.47. The Kier molecular flexibility index (Phi) is 3.57. The molecular weight excluding hydrogens is 262 g/mol. The van der Waals surface area contributed by atoms with E-state index in [0.717, 1.165) is 49.8 Å². The van der Waals surface area contributed by atoms with Gasteiger partial charge in [0.15, 0.2) is 5.82 Å². The van der Waals surface area contributed by atoms with Gasteiger partial charge in [-0.1, -0.05) is 0 Å². The molecule has 1 aliphatic rings. The summed E-state index contributed by atoms with van der Waals surface area (Å²) in [7, 11) is 0. The first kappa shape index (κ1) is 12.7. The summed E-state index contributed by atoms with van der Waals surface area (Å²) in [5.74, 6) is 1.74. The first-order valence-corrected chi connectivity index (χ1v) is 7.15. The van der Waals surface area contributed by atoms with Gasteiger partial charge in [-0.05, 0) is 13.0 Å². The Morgan fingerprint density at radius 2 is 2.05 bits per heavy atom. The van der Waals surface area contributed by atoms with Gasteiger partial charge in [0, 0.05) is 51.0 Å². The molecule has 0 unspecified atom stereocenters. The third-order valence-electron chi connectivity index (χ3n) is 3.56. The van der Waals surface area contributed by atoms with Crippen molar-refractivity contribution in [1.82, 2.24) is 19.5 Å². The molecule has 0 N–H and O–H groups in total. The van der Waals surface area contributed by atoms with E-state index >= 15 is 0 Å². The van der Waals surface area contributed by atoms with Gasteiger partial charge in [0.05, 0.1) is 5.69 Å². The molecule has 0 bridgehead atoms. The van der Waals surface area contributed by atoms with Crippen LogP contribution in [-0.4, -0.2) is 58.1 Å². The molecule has 0 atom stereocenters. The number of piperazine rings is 1. The van der Waals surface area contributed by atoms with Crippen molar-refractivity contribution in [3.63, 3.8) is 0 Å². The van der Waals surface area contributed by atoms with Gasteiger partial charge >= 0.3 is 0 Å². The van der Waals surface area contributed by atoms with Crippen LogP contribution < -0.4 is 4.90 Å². The molecule has 2 aromatic heterocycles. The Hall–Kier alpha value is -1.33. The summed E-state index contributed by atoms with van der Waals surface area (Å²) < 4.78 is 1.91. The zero-order valence-corrected chi connectivity index (χ0v) is 11.8. The van der Waals surface area contributed by atoms with Crippen LogP contribution in [0.5, 0.6) is 0 Å². The number of fused-ring (bicyclic) bond motifs is 1. The van der Waals surface area contributed by atoms with Gasteiger partial charge in [0.1, 0.15) is 5.52 Å². The summed E-state index contributed by atoms with van der Waals surface area (Å²) in [5, 5.41) is 4.44. The minimum Gasteiger partial charge on any atom is -0.352 e. The van der Waals surface area contributed by atoms with Crippen LogP contribution in [0.15, 0.2) is 18.5 Å². The fraction of sp³-hybridized carbons (Fsp3) is 0.538. The van der Waals surface area contributed by atoms with Gasteiger partial charge < -0.3 is 4.90 Å². The van der Waals surface area contributed by atoms with Crippen LogP contribution in [0.1, 0.15) is 5.69 Å². The lowest BCUT2D eigenvalue weighted by molar-refractivity contribution is 0.272. The second kappa shape index (κ2) is 5.35. The molecule has 6 heteroatoms. The van der Waals surface area contributed by atoms with Crippen molar-refractivity contribution in [2.45, 2.75) is 6.92 Å². The molecule has 0 amide bonds. The highest BCUT2D eigenvalue weighted by molar-refractivity contribution is 6.18. The lowest BCUT2D eigenvalue weighted by Gasteiger charge is -2.35. The molecule has 1 aliphatic heterocycles. The molecule has 0 radical (unpaired) electrons. The highest BCUT2D eigenvalue weighted by Gasteiger charge is 2.19. The monoisotopic (exact) mass is 279 g/mol. The van der Waals surface area contributed by atoms with Gasteiger partial charge in [0.2, 0.25) is 0 Å². The Bertz CT molecular complexity index is 559. The van der Waals surface area contributed by atoms with Crippen LogP contribution in [0.2, 0.25) is 0 Å². The Labute approximate surface area is 117 Å². The van der Waals surface area contributed by atoms with E-state index in [1.165, 1.54) is 0 Å². The number of halogens is 1. The van der Waals surface area contributed by atoms with Gasteiger partial charge in [-0.3, -0.25) is 4.90 Å². The Morgan fingerprint density at radius 1 is 1.26 bits per heavy atom. The van der Waals surface area contributed by atoms with Gasteiger partial charge in [-0.2, -0.15) is 5.10 Å². The van der Waals surface area contributed by atoms with E-state index in [1.54, 1.807) is 0 Å². The summed E-state index contributed by atoms with van der Waals surface area (Å²) in [5.41, 5.74) is 2.11. The smallest absolute Gasteiger partial charge is 0.154 e. The molecule has 102 valence electrons. The van der Waals surface area contributed by atoms with E-state index in [2.05, 4.69) is 25.9 Å². The second-order valence-corrected chi connectivity index (χ2v) is 5.26. The van der Waals surface area contributed by atoms with Crippen LogP contribution in [0.4, 0.5) is 5.82 Å². The van der Waals surface area contributed by atoms with Crippen molar-refractivity contribution in [1.29, 1.82) is 0 Å². The van der Waals surface area contributed by atoms with Gasteiger partial charge in [-0.25, -0.2) is 9.50 Å². The fourth-order valence-electron chi connectivity index (χ4n) is 2.58. The molecular formula is C13H18ClN5. The zero-order chi connectivity index (χ0) is 13.2. The maximum absolute atomic E-state index is 5.79. The predicted octanol–water partition coefficient (Wildman–Crippen LogP) is 1.40. The minimum atomic E-state index is 0.704. The predicted molar refractivity (Wildman–Crippen MR) is 77.1 cm³/mol. The summed E-state index contributed by atoms with van der Waals surface area (Å²) in [6.45, 7) is 7.06. The van der Waals surface area contributed by atoms with E-state index < -0.39 is 0 Å². The quantitative estimate of drug-likeness (QED) is 0.796. The Morgan fingerprint density at radius 3 is 2.79 bits per heavy atom. The third kappa shape index (κ3) is 2.53. The van der Waals surface area contributed by atoms with E-state index in [9.17, 15) is 0 Å². The van der Waals surface area contributed by atoms with Crippen molar-refractivity contribution in [3.8, 4) is 0 Å². The van der Waals surface area contributed by atoms with E-state index in [0.29, 0.717) is 5.88 Å². The summed E-state index contributed by atoms with van der Waals surface area (Å²) in [6.07, 6.45) is 3.72. The summed E-state index contributed by atoms with van der Waals surface area (Å²) >= 11 is 5.79. The van der Waals surface area contributed by atoms with Crippen LogP contribution in [0, 0.1) is 6.92 Å². The minimum absolute atomic E-state index is 0.704. The number of nitrogens with zero attached hydrogens (tertiary/aromatic N) is 5. The number of aryl methyl sites for hydroxylation is 1. The van der Waals surface area contributed by atoms with Crippen LogP contribution >= 0.6 is 11.6 Å². The second-order valence-electron chi connectivity index (χ2n) is 4.88. The first-order valence-electron chi connectivity index (χ1n) is 6.62. The van der Waals surface area contributed by atoms with Crippen LogP contribution in [-0.2, 0) is 0 Å². The third-order valence-corrected chi connectivity index (χ3v) is 3.73. The average molecular weight is 280 g/mol. The standard InChI is InChI=1S/C13H18ClN5/c1-11-10-12-13(15-3-5-19(12)16-11)18-8-6-17(4-2-14)7-9-18/h3,5,10H,2,4,6-9H2,1H3. The lowest BCUT2D eigenvalue weighted by atomic mass is 10.3. The highest BCUT2D eigenvalue weighted by atomic mass is 35.5. The first-order chi connectivity index (χ1) is 9.28. The van der Waals surface area contributed by atoms with Crippen molar-refractivity contribution >= 4 is 22.9 Å². The molecule has 1 fully saturated rings. The average Bonchev–Trinajstić information content (AvgIpc) is 2.80. The molecule has 5 nitrogen and oxygen atoms in total. The number of alkyl halides is 1. The van der Waals surface area contributed by atoms with E-state index in [4.69, 9.17) is 11.6 Å². The number of hydrogen-bond donors (Lipinski definition) is 0. The number of aromatic nitrogens is 3. The fourth-order valence-corrected chi connectivity index (χ4v) is 2.82. The molecule has 3 rings (SSSR count). The van der Waals surface area contributed by atoms with Crippen molar-refractivity contribution in [2.24, 2.45) is 0 Å². The van der Waals surface area contributed by atoms with Crippen molar-refractivity contribution in [2.75, 3.05) is 43.5 Å². The molecule has 0 saturated carbocycles. The molecule has 3 heterocycles. The number of rotatable bonds is 3. The topological polar surface area (TPSA) is 36.7 Å². The molecule has 2 aromatic rings. The number of hydrogen-bond acceptors (Lipinski definition) is 4. The molecule has 0 aliphatic carbocycles. The highest BCUT2D eigenvalue weighted by Crippen LogP contribution is 2.20. The van der Waals surface area contributed by atoms with Crippen LogP contribution in [0.25, 0.3) is 5.52 Å². The largest absolute Gasteiger partial charge is 0.352 e. The Balaban J connectivity index is 1.81. The van der Waals surface area contributed by atoms with Crippen LogP contribution in [0.3, 0.4) is 0 Å². The van der Waals surface area contributed by atoms with Crippen molar-refractivity contribution in [3.05, 3.63) is 24.2 Å². The zero-order valence-electron chi connectivity index (χ0n) is 11.1. The normalized spacial score (nSPS) is 17.3. The summed E-state index contributed by atoms with van der Waals surface area (Å²) in [4.78, 5) is 9.26. The number of anilines is 1. The van der Waals surface area contributed by atoms with E-state index in [1.807, 2.05) is 23.8 Å². The SMILES string of the molecule is Cc1cc2c(N3CCN(CCCl)CC3)nccn2n1.